The van der Waals surface area contributed by atoms with Gasteiger partial charge in [0.1, 0.15) is 24.7 Å². The Balaban J connectivity index is 0.883. The summed E-state index contributed by atoms with van der Waals surface area (Å²) in [7, 11) is 4.75. The number of unbranched alkanes of at least 4 members (excludes halogenated alkanes) is 1. The quantitative estimate of drug-likeness (QED) is 0.0680. The number of amides is 5. The van der Waals surface area contributed by atoms with Gasteiger partial charge in [-0.2, -0.15) is 0 Å². The lowest BCUT2D eigenvalue weighted by Crippen LogP contribution is -2.36. The van der Waals surface area contributed by atoms with Crippen LogP contribution in [0.15, 0.2) is 91.0 Å². The van der Waals surface area contributed by atoms with Gasteiger partial charge in [-0.1, -0.05) is 36.4 Å². The molecule has 15 nitrogen and oxygen atoms in total. The number of nitrogens with one attached hydrogen (secondary N) is 2. The monoisotopic (exact) mass is 1020 g/mol. The van der Waals surface area contributed by atoms with E-state index < -0.39 is 5.91 Å². The average molecular weight is 1020 g/mol. The average Bonchev–Trinajstić information content (AvgIpc) is 3.92. The molecule has 0 fully saturated rings. The van der Waals surface area contributed by atoms with Gasteiger partial charge in [-0.15, -0.1) is 0 Å². The maximum absolute atomic E-state index is 14.2. The van der Waals surface area contributed by atoms with Crippen LogP contribution >= 0.6 is 0 Å². The zero-order chi connectivity index (χ0) is 52.8. The third-order valence-electron chi connectivity index (χ3n) is 15.0. The van der Waals surface area contributed by atoms with Gasteiger partial charge in [0.15, 0.2) is 17.3 Å². The van der Waals surface area contributed by atoms with E-state index in [0.717, 1.165) is 71.3 Å². The Kier molecular flexibility index (Phi) is 16.1. The normalized spacial score (nSPS) is 16.0. The highest BCUT2D eigenvalue weighted by Crippen LogP contribution is 2.42. The first-order valence-electron chi connectivity index (χ1n) is 26.1. The van der Waals surface area contributed by atoms with Crippen LogP contribution in [0.4, 0.5) is 17.1 Å². The lowest BCUT2D eigenvalue weighted by atomic mass is 9.98. The Labute approximate surface area is 437 Å². The lowest BCUT2D eigenvalue weighted by molar-refractivity contribution is -0.127. The van der Waals surface area contributed by atoms with Crippen LogP contribution in [0.2, 0.25) is 0 Å². The van der Waals surface area contributed by atoms with Crippen LogP contribution in [0.25, 0.3) is 0 Å². The first kappa shape index (κ1) is 52.1. The summed E-state index contributed by atoms with van der Waals surface area (Å²) in [5.74, 6) is 0.238. The molecule has 0 radical (unpaired) electrons. The van der Waals surface area contributed by atoms with Gasteiger partial charge in [0.25, 0.3) is 11.8 Å². The van der Waals surface area contributed by atoms with E-state index in [4.69, 9.17) is 14.2 Å². The Bertz CT molecular complexity index is 3060. The van der Waals surface area contributed by atoms with Crippen LogP contribution in [0.1, 0.15) is 124 Å². The molecular weight excluding hydrogens is 951 g/mol. The predicted octanol–water partition coefficient (Wildman–Crippen LogP) is 8.28. The molecule has 2 atom stereocenters. The highest BCUT2D eigenvalue weighted by molar-refractivity contribution is 6.10. The third-order valence-corrected chi connectivity index (χ3v) is 15.0. The van der Waals surface area contributed by atoms with E-state index in [1.54, 1.807) is 27.3 Å². The molecule has 0 aliphatic carbocycles. The van der Waals surface area contributed by atoms with Crippen LogP contribution in [0.3, 0.4) is 0 Å². The summed E-state index contributed by atoms with van der Waals surface area (Å²) < 4.78 is 18.9. The summed E-state index contributed by atoms with van der Waals surface area (Å²) in [5.41, 5.74) is 10.2. The summed E-state index contributed by atoms with van der Waals surface area (Å²) >= 11 is 0. The van der Waals surface area contributed by atoms with E-state index in [9.17, 15) is 33.6 Å². The smallest absolute Gasteiger partial charge is 0.258 e. The number of fused-ring (bicyclic) bond motifs is 8. The summed E-state index contributed by atoms with van der Waals surface area (Å²) in [6, 6.07) is 29.6. The van der Waals surface area contributed by atoms with E-state index in [1.807, 2.05) is 89.5 Å². The molecule has 9 rings (SSSR count). The highest BCUT2D eigenvalue weighted by Gasteiger charge is 2.39. The second kappa shape index (κ2) is 23.2. The summed E-state index contributed by atoms with van der Waals surface area (Å²) in [5, 5.41) is 5.12. The number of para-hydroxylation sites is 2. The van der Waals surface area contributed by atoms with E-state index in [2.05, 4.69) is 22.8 Å². The van der Waals surface area contributed by atoms with Gasteiger partial charge < -0.3 is 39.5 Å². The van der Waals surface area contributed by atoms with Crippen molar-refractivity contribution in [2.75, 3.05) is 42.4 Å². The SMILES string of the molecule is CNC(=O)CCCCC(=O)CCC(=O)NCC(=O)CCC(=O)N(C)c1cc(COc2cc3c(cc2C)C(=O)N2c4ccccc4C[C@H]2CC3)cc(COc2cc3c(cc2OC)C(=O)N2c4ccccc4C[C@H]2CC3)c1. The first-order chi connectivity index (χ1) is 36.3. The minimum absolute atomic E-state index is 0.000418. The number of nitrogens with zero attached hydrogens (tertiary/aromatic N) is 3. The van der Waals surface area contributed by atoms with E-state index in [-0.39, 0.29) is 99.1 Å². The summed E-state index contributed by atoms with van der Waals surface area (Å²) in [6.45, 7) is 1.88. The van der Waals surface area contributed by atoms with Crippen molar-refractivity contribution in [3.05, 3.63) is 141 Å². The Hall–Kier alpha value is -7.81. The maximum atomic E-state index is 14.2. The van der Waals surface area contributed by atoms with Crippen molar-refractivity contribution in [3.8, 4) is 17.2 Å². The number of ether oxygens (including phenoxy) is 3. The standard InChI is InChI=1S/C60H65N5O10/c1-37-25-49-40(17-19-44-29-42-11-5-8-14-51(42)64(44)59(49)71)31-53(37)74-35-38-26-39(36-75-55-32-41-18-20-45-30-43-12-6-9-15-52(43)65(45)60(72)50(41)33-54(55)73-4)28-46(27-38)63(3)58(70)24-22-48(67)34-62-57(69)23-21-47(66)13-7-10-16-56(68)61-2/h5-6,8-9,11-12,14-15,25-28,31-33,44-45H,7,10,13,16-24,29-30,34-36H2,1-4H3,(H,61,68)(H,62,69)/t44-,45-/m1/s1. The van der Waals surface area contributed by atoms with Gasteiger partial charge in [-0.3, -0.25) is 33.6 Å². The molecule has 5 aromatic rings. The van der Waals surface area contributed by atoms with Gasteiger partial charge in [0.05, 0.1) is 13.7 Å². The molecular formula is C60H65N5O10. The van der Waals surface area contributed by atoms with E-state index in [1.165, 1.54) is 16.0 Å². The molecule has 5 aromatic carbocycles. The number of hydrogen-bond donors (Lipinski definition) is 2. The number of Topliss-reactive ketones (excluding diaryl/α,β-unsaturated/α-hetero) is 2. The molecule has 0 unspecified atom stereocenters. The summed E-state index contributed by atoms with van der Waals surface area (Å²) in [4.78, 5) is 96.5. The molecule has 390 valence electrons. The predicted molar refractivity (Wildman–Crippen MR) is 285 cm³/mol. The van der Waals surface area contributed by atoms with Gasteiger partial charge in [-0.25, -0.2) is 0 Å². The number of rotatable bonds is 21. The molecule has 15 heteroatoms. The Morgan fingerprint density at radius 2 is 1.17 bits per heavy atom. The van der Waals surface area contributed by atoms with E-state index in [0.29, 0.717) is 59.7 Å². The fraction of sp³-hybridized carbons (Fsp3) is 0.383. The lowest BCUT2D eigenvalue weighted by Gasteiger charge is -2.23. The molecule has 0 bridgehead atoms. The number of anilines is 3. The van der Waals surface area contributed by atoms with Crippen LogP contribution in [0, 0.1) is 6.92 Å². The van der Waals surface area contributed by atoms with Crippen molar-refractivity contribution in [2.24, 2.45) is 0 Å². The van der Waals surface area contributed by atoms with E-state index >= 15 is 0 Å². The molecule has 5 amide bonds. The maximum Gasteiger partial charge on any atom is 0.258 e. The first-order valence-corrected chi connectivity index (χ1v) is 26.1. The van der Waals surface area contributed by atoms with Crippen LogP contribution in [0.5, 0.6) is 17.2 Å². The zero-order valence-electron chi connectivity index (χ0n) is 43.3. The fourth-order valence-corrected chi connectivity index (χ4v) is 10.9. The summed E-state index contributed by atoms with van der Waals surface area (Å²) in [6.07, 6.45) is 6.19. The molecule has 0 saturated heterocycles. The topological polar surface area (TPSA) is 181 Å². The zero-order valence-corrected chi connectivity index (χ0v) is 43.3. The molecule has 4 aliphatic heterocycles. The van der Waals surface area contributed by atoms with Crippen molar-refractivity contribution in [2.45, 2.75) is 122 Å². The van der Waals surface area contributed by atoms with Crippen molar-refractivity contribution < 1.29 is 47.8 Å². The largest absolute Gasteiger partial charge is 0.493 e. The Morgan fingerprint density at radius 1 is 0.613 bits per heavy atom. The van der Waals surface area contributed by atoms with Gasteiger partial charge in [0, 0.05) is 92.9 Å². The number of ketones is 2. The van der Waals surface area contributed by atoms with Gasteiger partial charge in [-0.05, 0) is 152 Å². The number of hydrogen-bond acceptors (Lipinski definition) is 10. The number of carbonyl (C=O) groups is 7. The van der Waals surface area contributed by atoms with Crippen molar-refractivity contribution in [1.29, 1.82) is 0 Å². The fourth-order valence-electron chi connectivity index (χ4n) is 10.9. The Morgan fingerprint density at radius 3 is 1.79 bits per heavy atom. The van der Waals surface area contributed by atoms with Crippen molar-refractivity contribution >= 4 is 58.2 Å². The molecule has 0 saturated carbocycles. The molecule has 4 aliphatic rings. The van der Waals surface area contributed by atoms with Crippen molar-refractivity contribution in [3.63, 3.8) is 0 Å². The van der Waals surface area contributed by atoms with Crippen LogP contribution in [-0.2, 0) is 62.9 Å². The number of benzene rings is 5. The number of aryl methyl sites for hydroxylation is 3. The third kappa shape index (κ3) is 11.8. The number of methoxy groups -OCH3 is 1. The minimum Gasteiger partial charge on any atom is -0.493 e. The molecule has 4 heterocycles. The van der Waals surface area contributed by atoms with Crippen LogP contribution in [-0.4, -0.2) is 80.9 Å². The highest BCUT2D eigenvalue weighted by atomic mass is 16.5. The molecule has 0 spiro atoms. The number of carbonyl (C=O) groups excluding carboxylic acids is 7. The van der Waals surface area contributed by atoms with Crippen molar-refractivity contribution in [1.82, 2.24) is 10.6 Å². The molecule has 0 aromatic heterocycles. The van der Waals surface area contributed by atoms with Gasteiger partial charge in [0.2, 0.25) is 17.7 Å². The second-order valence-corrected chi connectivity index (χ2v) is 20.1. The molecule has 2 N–H and O–H groups in total. The molecule has 75 heavy (non-hydrogen) atoms. The van der Waals surface area contributed by atoms with Gasteiger partial charge >= 0.3 is 0 Å². The minimum atomic E-state index is -0.427. The van der Waals surface area contributed by atoms with Crippen LogP contribution < -0.4 is 39.5 Å². The second-order valence-electron chi connectivity index (χ2n) is 20.1.